The Morgan fingerprint density at radius 2 is 1.39 bits per heavy atom. The fraction of sp³-hybridized carbons (Fsp3) is 1.00. The summed E-state index contributed by atoms with van der Waals surface area (Å²) >= 11 is 0. The molecular weight excluding hydrogens is 276 g/mol. The molecule has 5 rings (SSSR count). The van der Waals surface area contributed by atoms with Crippen LogP contribution in [0.25, 0.3) is 0 Å². The maximum Gasteiger partial charge on any atom is -0.0125 e. The van der Waals surface area contributed by atoms with Gasteiger partial charge < -0.3 is 0 Å². The molecule has 23 heavy (non-hydrogen) atoms. The normalized spacial score (nSPS) is 72.4. The van der Waals surface area contributed by atoms with E-state index in [4.69, 9.17) is 0 Å². The largest absolute Gasteiger partial charge is 0.0622 e. The first kappa shape index (κ1) is 15.3. The van der Waals surface area contributed by atoms with Crippen LogP contribution in [0.4, 0.5) is 0 Å². The standard InChI is InChI=1S/C23H38/c1-12-9-21(7)11-19-14(3)20-8-18-13(2)10-22(20,16(18)5)23(21,15(12)4)17(19)6/h12-20H,8-11H2,1-7H3. The minimum atomic E-state index is 0.631. The Morgan fingerprint density at radius 1 is 0.696 bits per heavy atom. The molecule has 130 valence electrons. The smallest absolute Gasteiger partial charge is 0.0125 e. The van der Waals surface area contributed by atoms with Crippen LogP contribution in [-0.4, -0.2) is 0 Å². The Labute approximate surface area is 144 Å². The van der Waals surface area contributed by atoms with E-state index in [-0.39, 0.29) is 0 Å². The van der Waals surface area contributed by atoms with Crippen LogP contribution >= 0.6 is 0 Å². The van der Waals surface area contributed by atoms with Gasteiger partial charge in [-0.2, -0.15) is 0 Å². The second-order valence-corrected chi connectivity index (χ2v) is 11.4. The Kier molecular flexibility index (Phi) is 2.68. The average molecular weight is 315 g/mol. The van der Waals surface area contributed by atoms with Crippen molar-refractivity contribution in [3.63, 3.8) is 0 Å². The van der Waals surface area contributed by atoms with Crippen molar-refractivity contribution in [1.82, 2.24) is 0 Å². The van der Waals surface area contributed by atoms with Crippen LogP contribution in [0.15, 0.2) is 0 Å². The molecule has 0 nitrogen and oxygen atoms in total. The summed E-state index contributed by atoms with van der Waals surface area (Å²) in [5, 5.41) is 0. The molecule has 0 radical (unpaired) electrons. The zero-order chi connectivity index (χ0) is 16.5. The summed E-state index contributed by atoms with van der Waals surface area (Å²) in [4.78, 5) is 0. The third kappa shape index (κ3) is 1.22. The molecule has 0 amide bonds. The van der Waals surface area contributed by atoms with Gasteiger partial charge in [-0.15, -0.1) is 0 Å². The quantitative estimate of drug-likeness (QED) is 0.495. The molecule has 5 aliphatic carbocycles. The van der Waals surface area contributed by atoms with Gasteiger partial charge in [0, 0.05) is 0 Å². The summed E-state index contributed by atoms with van der Waals surface area (Å²) in [5.41, 5.74) is 1.97. The number of hydrogen-bond donors (Lipinski definition) is 0. The lowest BCUT2D eigenvalue weighted by Gasteiger charge is -2.65. The van der Waals surface area contributed by atoms with Crippen molar-refractivity contribution < 1.29 is 0 Å². The van der Waals surface area contributed by atoms with Gasteiger partial charge in [0.1, 0.15) is 0 Å². The Balaban J connectivity index is 1.81. The van der Waals surface area contributed by atoms with E-state index in [1.54, 1.807) is 19.3 Å². The van der Waals surface area contributed by atoms with E-state index < -0.39 is 0 Å². The topological polar surface area (TPSA) is 0 Å². The first-order chi connectivity index (χ1) is 10.7. The van der Waals surface area contributed by atoms with E-state index in [1.165, 1.54) is 6.42 Å². The van der Waals surface area contributed by atoms with Crippen molar-refractivity contribution in [3.05, 3.63) is 0 Å². The van der Waals surface area contributed by atoms with Gasteiger partial charge in [0.15, 0.2) is 0 Å². The third-order valence-electron chi connectivity index (χ3n) is 11.5. The highest BCUT2D eigenvalue weighted by molar-refractivity contribution is 5.30. The second kappa shape index (κ2) is 4.04. The molecule has 0 N–H and O–H groups in total. The lowest BCUT2D eigenvalue weighted by Crippen LogP contribution is -2.61. The molecule has 5 saturated carbocycles. The van der Waals surface area contributed by atoms with Crippen LogP contribution in [0, 0.1) is 69.5 Å². The Hall–Kier alpha value is 0. The fourth-order valence-corrected chi connectivity index (χ4v) is 11.4. The summed E-state index contributed by atoms with van der Waals surface area (Å²) in [5.74, 6) is 8.91. The molecule has 0 aromatic heterocycles. The van der Waals surface area contributed by atoms with E-state index in [1.807, 2.05) is 0 Å². The molecule has 12 unspecified atom stereocenters. The fourth-order valence-electron chi connectivity index (χ4n) is 11.4. The summed E-state index contributed by atoms with van der Waals surface area (Å²) < 4.78 is 0. The van der Waals surface area contributed by atoms with Crippen LogP contribution in [0.3, 0.4) is 0 Å². The molecule has 0 aromatic carbocycles. The van der Waals surface area contributed by atoms with Gasteiger partial charge in [-0.1, -0.05) is 48.5 Å². The highest BCUT2D eigenvalue weighted by Crippen LogP contribution is 2.88. The van der Waals surface area contributed by atoms with Gasteiger partial charge >= 0.3 is 0 Å². The highest BCUT2D eigenvalue weighted by Gasteiger charge is 2.83. The predicted octanol–water partition coefficient (Wildman–Crippen LogP) is 6.26. The van der Waals surface area contributed by atoms with Gasteiger partial charge in [-0.25, -0.2) is 0 Å². The molecule has 12 atom stereocenters. The monoisotopic (exact) mass is 314 g/mol. The van der Waals surface area contributed by atoms with Crippen molar-refractivity contribution >= 4 is 0 Å². The van der Waals surface area contributed by atoms with Gasteiger partial charge in [-0.3, -0.25) is 0 Å². The van der Waals surface area contributed by atoms with E-state index in [0.29, 0.717) is 16.2 Å². The SMILES string of the molecule is CC1CC23C(C)C1CC2C(C)C1CC2(C)CC(C)C(C)C23C1C. The van der Waals surface area contributed by atoms with Crippen LogP contribution in [-0.2, 0) is 0 Å². The molecular formula is C23H38. The molecule has 0 aliphatic heterocycles. The summed E-state index contributed by atoms with van der Waals surface area (Å²) in [7, 11) is 0. The van der Waals surface area contributed by atoms with Crippen molar-refractivity contribution in [2.45, 2.75) is 74.1 Å². The predicted molar refractivity (Wildman–Crippen MR) is 96.9 cm³/mol. The molecule has 4 bridgehead atoms. The number of rotatable bonds is 0. The van der Waals surface area contributed by atoms with Crippen molar-refractivity contribution in [2.75, 3.05) is 0 Å². The van der Waals surface area contributed by atoms with Crippen LogP contribution in [0.5, 0.6) is 0 Å². The number of hydrogen-bond acceptors (Lipinski definition) is 0. The van der Waals surface area contributed by atoms with Crippen molar-refractivity contribution in [2.24, 2.45) is 69.5 Å². The lowest BCUT2D eigenvalue weighted by molar-refractivity contribution is -0.180. The van der Waals surface area contributed by atoms with E-state index in [2.05, 4.69) is 48.5 Å². The minimum absolute atomic E-state index is 0.631. The molecule has 2 spiro atoms. The second-order valence-electron chi connectivity index (χ2n) is 11.4. The average Bonchev–Trinajstić information content (AvgIpc) is 3.03. The zero-order valence-corrected chi connectivity index (χ0v) is 16.5. The van der Waals surface area contributed by atoms with Gasteiger partial charge in [0.2, 0.25) is 0 Å². The van der Waals surface area contributed by atoms with Crippen LogP contribution in [0.2, 0.25) is 0 Å². The first-order valence-corrected chi connectivity index (χ1v) is 10.7. The van der Waals surface area contributed by atoms with Gasteiger partial charge in [-0.05, 0) is 95.2 Å². The molecule has 0 heteroatoms. The highest BCUT2D eigenvalue weighted by atomic mass is 14.9. The van der Waals surface area contributed by atoms with E-state index >= 15 is 0 Å². The molecule has 0 saturated heterocycles. The molecule has 5 fully saturated rings. The summed E-state index contributed by atoms with van der Waals surface area (Å²) in [6.45, 7) is 18.7. The Bertz CT molecular complexity index is 550. The van der Waals surface area contributed by atoms with Crippen LogP contribution < -0.4 is 0 Å². The van der Waals surface area contributed by atoms with Crippen molar-refractivity contribution in [3.8, 4) is 0 Å². The number of fused-ring (bicyclic) bond motifs is 2. The van der Waals surface area contributed by atoms with Gasteiger partial charge in [0.25, 0.3) is 0 Å². The molecule has 0 heterocycles. The van der Waals surface area contributed by atoms with Gasteiger partial charge in [0.05, 0.1) is 0 Å². The lowest BCUT2D eigenvalue weighted by atomic mass is 9.39. The maximum atomic E-state index is 2.75. The van der Waals surface area contributed by atoms with Crippen molar-refractivity contribution in [1.29, 1.82) is 0 Å². The molecule has 0 aromatic rings. The third-order valence-corrected chi connectivity index (χ3v) is 11.5. The molecule has 5 aliphatic rings. The van der Waals surface area contributed by atoms with E-state index in [0.717, 1.165) is 53.3 Å². The first-order valence-electron chi connectivity index (χ1n) is 10.7. The summed E-state index contributed by atoms with van der Waals surface area (Å²) in [6, 6.07) is 0. The minimum Gasteiger partial charge on any atom is -0.0622 e. The summed E-state index contributed by atoms with van der Waals surface area (Å²) in [6.07, 6.45) is 6.21. The van der Waals surface area contributed by atoms with Crippen LogP contribution in [0.1, 0.15) is 74.1 Å². The zero-order valence-electron chi connectivity index (χ0n) is 16.5. The van der Waals surface area contributed by atoms with E-state index in [9.17, 15) is 0 Å². The Morgan fingerprint density at radius 3 is 2.04 bits per heavy atom. The maximum absolute atomic E-state index is 2.75.